The van der Waals surface area contributed by atoms with Crippen LogP contribution in [0.2, 0.25) is 0 Å². The van der Waals surface area contributed by atoms with Crippen molar-refractivity contribution in [3.8, 4) is 17.1 Å². The molecule has 1 spiro atoms. The first-order chi connectivity index (χ1) is 19.7. The van der Waals surface area contributed by atoms with Crippen LogP contribution in [-0.2, 0) is 4.74 Å². The molecule has 2 N–H and O–H groups in total. The molecule has 5 heterocycles. The van der Waals surface area contributed by atoms with Gasteiger partial charge in [-0.05, 0) is 45.7 Å². The number of fused-ring (bicyclic) bond motifs is 1. The Morgan fingerprint density at radius 2 is 1.93 bits per heavy atom. The van der Waals surface area contributed by atoms with Crippen molar-refractivity contribution in [3.63, 3.8) is 0 Å². The molecule has 12 nitrogen and oxygen atoms in total. The van der Waals surface area contributed by atoms with Crippen molar-refractivity contribution in [2.24, 2.45) is 5.41 Å². The molecule has 3 atom stereocenters. The first kappa shape index (κ1) is 25.6. The molecule has 0 bridgehead atoms. The van der Waals surface area contributed by atoms with Crippen LogP contribution in [0.5, 0.6) is 5.88 Å². The third kappa shape index (κ3) is 4.33. The lowest BCUT2D eigenvalue weighted by Crippen LogP contribution is -2.65. The van der Waals surface area contributed by atoms with E-state index in [0.717, 1.165) is 31.5 Å². The number of ether oxygens (including phenoxy) is 2. The topological polar surface area (TPSA) is 135 Å². The quantitative estimate of drug-likeness (QED) is 0.483. The van der Waals surface area contributed by atoms with Gasteiger partial charge in [-0.3, -0.25) is 15.1 Å². The third-order valence-electron chi connectivity index (χ3n) is 8.55. The maximum absolute atomic E-state index is 13.8. The van der Waals surface area contributed by atoms with E-state index in [9.17, 15) is 9.59 Å². The predicted octanol–water partition coefficient (Wildman–Crippen LogP) is 3.58. The molecule has 3 fully saturated rings. The molecule has 7 rings (SSSR count). The van der Waals surface area contributed by atoms with E-state index in [1.54, 1.807) is 17.0 Å². The normalized spacial score (nSPS) is 25.5. The highest BCUT2D eigenvalue weighted by Crippen LogP contribution is 2.59. The Hall–Kier alpha value is -4.32. The van der Waals surface area contributed by atoms with Crippen LogP contribution < -0.4 is 20.3 Å². The van der Waals surface area contributed by atoms with Gasteiger partial charge in [0.05, 0.1) is 30.6 Å². The molecule has 3 amide bonds. The van der Waals surface area contributed by atoms with Crippen molar-refractivity contribution in [1.82, 2.24) is 24.8 Å². The highest BCUT2D eigenvalue weighted by atomic mass is 16.5. The van der Waals surface area contributed by atoms with Crippen LogP contribution in [0.15, 0.2) is 42.9 Å². The summed E-state index contributed by atoms with van der Waals surface area (Å²) in [4.78, 5) is 48.1. The molecule has 1 saturated carbocycles. The summed E-state index contributed by atoms with van der Waals surface area (Å²) in [6, 6.07) is 6.76. The first-order valence-corrected chi connectivity index (χ1v) is 14.0. The minimum atomic E-state index is -0.630. The van der Waals surface area contributed by atoms with Gasteiger partial charge in [0.2, 0.25) is 11.8 Å². The number of aromatic nitrogens is 4. The van der Waals surface area contributed by atoms with Gasteiger partial charge < -0.3 is 24.6 Å². The molecule has 12 heteroatoms. The zero-order chi connectivity index (χ0) is 28.4. The molecule has 212 valence electrons. The first-order valence-electron chi connectivity index (χ1n) is 14.0. The van der Waals surface area contributed by atoms with E-state index in [1.165, 1.54) is 18.6 Å². The van der Waals surface area contributed by atoms with E-state index in [-0.39, 0.29) is 17.4 Å². The van der Waals surface area contributed by atoms with Gasteiger partial charge in [0.25, 0.3) is 5.91 Å². The molecular weight excluding hydrogens is 524 g/mol. The summed E-state index contributed by atoms with van der Waals surface area (Å²) in [6.45, 7) is 8.41. The lowest BCUT2D eigenvalue weighted by atomic mass is 9.60. The van der Waals surface area contributed by atoms with Gasteiger partial charge in [-0.2, -0.15) is 4.98 Å². The molecule has 0 radical (unpaired) electrons. The Labute approximate surface area is 237 Å². The second-order valence-electron chi connectivity index (χ2n) is 11.7. The zero-order valence-electron chi connectivity index (χ0n) is 23.3. The molecule has 3 unspecified atom stereocenters. The number of nitrogens with zero attached hydrogens (tertiary/aromatic N) is 6. The summed E-state index contributed by atoms with van der Waals surface area (Å²) < 4.78 is 12.5. The second kappa shape index (κ2) is 9.37. The molecular formula is C29H32N8O4. The number of anilines is 3. The van der Waals surface area contributed by atoms with Crippen LogP contribution >= 0.6 is 0 Å². The molecule has 2 aromatic heterocycles. The largest absolute Gasteiger partial charge is 0.469 e. The molecule has 3 aliphatic heterocycles. The molecule has 4 aliphatic rings. The van der Waals surface area contributed by atoms with Crippen molar-refractivity contribution in [1.29, 1.82) is 0 Å². The maximum Gasteiger partial charge on any atom is 0.324 e. The summed E-state index contributed by atoms with van der Waals surface area (Å²) in [5, 5.41) is 5.44. The number of benzene rings is 1. The number of hydrogen-bond acceptors (Lipinski definition) is 9. The van der Waals surface area contributed by atoms with Crippen molar-refractivity contribution in [2.45, 2.75) is 51.4 Å². The fraction of sp³-hybridized carbons (Fsp3) is 0.448. The summed E-state index contributed by atoms with van der Waals surface area (Å²) in [7, 11) is 0. The lowest BCUT2D eigenvalue weighted by Gasteiger charge is -2.59. The van der Waals surface area contributed by atoms with Crippen molar-refractivity contribution < 1.29 is 19.1 Å². The number of carbonyl (C=O) groups excluding carboxylic acids is 2. The number of hydrogen-bond donors (Lipinski definition) is 2. The highest BCUT2D eigenvalue weighted by molar-refractivity contribution is 6.03. The number of likely N-dealkylation sites (N-methyl/N-ethyl adjacent to an activating group) is 1. The van der Waals surface area contributed by atoms with E-state index in [1.807, 2.05) is 32.9 Å². The Kier molecular flexibility index (Phi) is 5.86. The Balaban J connectivity index is 1.23. The average molecular weight is 557 g/mol. The van der Waals surface area contributed by atoms with Crippen molar-refractivity contribution in [2.75, 3.05) is 41.7 Å². The standard InChI is InChI=1S/C29H32N8O4/c1-4-36-15-28(2,3)41-24-22(25(36)38)23(34-26(35-24)37-14-20-29(16-37)10-9-19(29)40-20)17-5-7-18(8-6-17)32-27(39)33-21-13-30-11-12-31-21/h5-8,11-13,19-20H,4,9-10,14-16H2,1-3H3,(H2,31,32,33,39). The van der Waals surface area contributed by atoms with Crippen molar-refractivity contribution >= 4 is 29.4 Å². The van der Waals surface area contributed by atoms with Gasteiger partial charge >= 0.3 is 6.03 Å². The number of urea groups is 1. The van der Waals surface area contributed by atoms with Gasteiger partial charge in [0.1, 0.15) is 11.2 Å². The van der Waals surface area contributed by atoms with E-state index >= 15 is 0 Å². The van der Waals surface area contributed by atoms with Gasteiger partial charge in [0, 0.05) is 48.7 Å². The molecule has 1 aliphatic carbocycles. The zero-order valence-corrected chi connectivity index (χ0v) is 23.3. The molecule has 2 saturated heterocycles. The number of carbonyl (C=O) groups is 2. The molecule has 41 heavy (non-hydrogen) atoms. The second-order valence-corrected chi connectivity index (χ2v) is 11.7. The third-order valence-corrected chi connectivity index (χ3v) is 8.55. The smallest absolute Gasteiger partial charge is 0.324 e. The molecule has 1 aromatic carbocycles. The van der Waals surface area contributed by atoms with Crippen LogP contribution in [0.25, 0.3) is 11.3 Å². The summed E-state index contributed by atoms with van der Waals surface area (Å²) in [6.07, 6.45) is 7.28. The number of rotatable bonds is 5. The van der Waals surface area contributed by atoms with Gasteiger partial charge in [0.15, 0.2) is 5.82 Å². The fourth-order valence-electron chi connectivity index (χ4n) is 6.38. The van der Waals surface area contributed by atoms with Crippen LogP contribution in [0.1, 0.15) is 44.0 Å². The number of nitrogens with one attached hydrogen (secondary N) is 2. The monoisotopic (exact) mass is 556 g/mol. The lowest BCUT2D eigenvalue weighted by molar-refractivity contribution is -0.279. The fourth-order valence-corrected chi connectivity index (χ4v) is 6.38. The van der Waals surface area contributed by atoms with Gasteiger partial charge in [-0.15, -0.1) is 0 Å². The van der Waals surface area contributed by atoms with E-state index in [0.29, 0.717) is 53.8 Å². The number of amides is 3. The van der Waals surface area contributed by atoms with Crippen LogP contribution in [-0.4, -0.2) is 80.8 Å². The minimum absolute atomic E-state index is 0.164. The van der Waals surface area contributed by atoms with E-state index < -0.39 is 11.6 Å². The maximum atomic E-state index is 13.8. The van der Waals surface area contributed by atoms with Crippen molar-refractivity contribution in [3.05, 3.63) is 48.4 Å². The SMILES string of the molecule is CCN1CC(C)(C)Oc2nc(N3CC4OC5CCC54C3)nc(-c3ccc(NC(=O)Nc4cnccn4)cc3)c2C1=O. The van der Waals surface area contributed by atoms with Crippen LogP contribution in [0.4, 0.5) is 22.2 Å². The van der Waals surface area contributed by atoms with Gasteiger partial charge in [-0.25, -0.2) is 14.8 Å². The van der Waals surface area contributed by atoms with Gasteiger partial charge in [-0.1, -0.05) is 12.1 Å². The molecule has 3 aromatic rings. The van der Waals surface area contributed by atoms with E-state index in [4.69, 9.17) is 19.4 Å². The van der Waals surface area contributed by atoms with E-state index in [2.05, 4.69) is 25.5 Å². The van der Waals surface area contributed by atoms with Crippen LogP contribution in [0.3, 0.4) is 0 Å². The highest BCUT2D eigenvalue weighted by Gasteiger charge is 2.66. The minimum Gasteiger partial charge on any atom is -0.469 e. The summed E-state index contributed by atoms with van der Waals surface area (Å²) in [5.74, 6) is 1.01. The van der Waals surface area contributed by atoms with Crippen LogP contribution in [0, 0.1) is 5.41 Å². The summed E-state index contributed by atoms with van der Waals surface area (Å²) >= 11 is 0. The average Bonchev–Trinajstić information content (AvgIpc) is 3.28. The predicted molar refractivity (Wildman–Crippen MR) is 151 cm³/mol. The Morgan fingerprint density at radius 1 is 1.10 bits per heavy atom. The Morgan fingerprint density at radius 3 is 2.59 bits per heavy atom. The Bertz CT molecular complexity index is 1520. The summed E-state index contributed by atoms with van der Waals surface area (Å²) in [5.41, 5.74) is 1.71.